The summed E-state index contributed by atoms with van der Waals surface area (Å²) in [5, 5.41) is 0. The first-order chi connectivity index (χ1) is 8.11. The number of nitrogens with zero attached hydrogens (tertiary/aromatic N) is 2. The minimum Gasteiger partial charge on any atom is -0.368 e. The molecule has 0 aromatic heterocycles. The lowest BCUT2D eigenvalue weighted by molar-refractivity contribution is 0.224. The lowest BCUT2D eigenvalue weighted by Crippen LogP contribution is -2.54. The number of rotatable bonds is 2. The quantitative estimate of drug-likeness (QED) is 0.904. The zero-order chi connectivity index (χ0) is 12.4. The molecule has 0 amide bonds. The number of hydrogen-bond donors (Lipinski definition) is 1. The zero-order valence-corrected chi connectivity index (χ0v) is 12.1. The van der Waals surface area contributed by atoms with Crippen molar-refractivity contribution in [1.29, 1.82) is 0 Å². The number of hydrogen-bond acceptors (Lipinski definition) is 3. The molecule has 0 aliphatic carbocycles. The van der Waals surface area contributed by atoms with Gasteiger partial charge in [0.05, 0.1) is 5.69 Å². The van der Waals surface area contributed by atoms with Gasteiger partial charge >= 0.3 is 0 Å². The van der Waals surface area contributed by atoms with Crippen LogP contribution in [-0.2, 0) is 0 Å². The second kappa shape index (κ2) is 5.38. The number of nitrogens with two attached hydrogens (primary N) is 1. The topological polar surface area (TPSA) is 32.5 Å². The van der Waals surface area contributed by atoms with E-state index in [1.807, 2.05) is 0 Å². The SMILES string of the molecule is Cc1ccc(N2CCN(C)C(CN)C2)c(Br)c1. The molecule has 1 aliphatic heterocycles. The van der Waals surface area contributed by atoms with E-state index in [1.165, 1.54) is 15.7 Å². The van der Waals surface area contributed by atoms with Crippen LogP contribution in [0.5, 0.6) is 0 Å². The summed E-state index contributed by atoms with van der Waals surface area (Å²) in [5.41, 5.74) is 8.38. The normalized spacial score (nSPS) is 21.9. The molecule has 1 aromatic carbocycles. The highest BCUT2D eigenvalue weighted by molar-refractivity contribution is 9.10. The molecule has 0 bridgehead atoms. The van der Waals surface area contributed by atoms with Crippen LogP contribution in [-0.4, -0.2) is 44.2 Å². The summed E-state index contributed by atoms with van der Waals surface area (Å²) in [6.07, 6.45) is 0. The Morgan fingerprint density at radius 3 is 2.82 bits per heavy atom. The van der Waals surface area contributed by atoms with Crippen LogP contribution in [0.2, 0.25) is 0 Å². The third-order valence-electron chi connectivity index (χ3n) is 3.49. The van der Waals surface area contributed by atoms with E-state index >= 15 is 0 Å². The number of aryl methyl sites for hydroxylation is 1. The van der Waals surface area contributed by atoms with Gasteiger partial charge in [-0.05, 0) is 47.6 Å². The average molecular weight is 298 g/mol. The molecule has 1 heterocycles. The zero-order valence-electron chi connectivity index (χ0n) is 10.5. The fraction of sp³-hybridized carbons (Fsp3) is 0.538. The lowest BCUT2D eigenvalue weighted by atomic mass is 10.1. The van der Waals surface area contributed by atoms with Crippen molar-refractivity contribution < 1.29 is 0 Å². The molecule has 1 aromatic rings. The predicted octanol–water partition coefficient (Wildman–Crippen LogP) is 1.84. The molecule has 4 heteroatoms. The summed E-state index contributed by atoms with van der Waals surface area (Å²) in [5.74, 6) is 0. The number of benzene rings is 1. The molecular formula is C13H20BrN3. The van der Waals surface area contributed by atoms with Crippen LogP contribution in [0.1, 0.15) is 5.56 Å². The molecule has 1 saturated heterocycles. The molecule has 0 radical (unpaired) electrons. The first-order valence-corrected chi connectivity index (χ1v) is 6.82. The van der Waals surface area contributed by atoms with Crippen molar-refractivity contribution in [2.45, 2.75) is 13.0 Å². The van der Waals surface area contributed by atoms with Crippen molar-refractivity contribution in [2.24, 2.45) is 5.73 Å². The molecule has 94 valence electrons. The highest BCUT2D eigenvalue weighted by Gasteiger charge is 2.24. The first kappa shape index (κ1) is 12.9. The van der Waals surface area contributed by atoms with E-state index in [0.717, 1.165) is 26.2 Å². The third kappa shape index (κ3) is 2.81. The van der Waals surface area contributed by atoms with Gasteiger partial charge in [-0.15, -0.1) is 0 Å². The van der Waals surface area contributed by atoms with Crippen LogP contribution in [0.15, 0.2) is 22.7 Å². The molecule has 0 saturated carbocycles. The first-order valence-electron chi connectivity index (χ1n) is 6.03. The second-order valence-electron chi connectivity index (χ2n) is 4.77. The second-order valence-corrected chi connectivity index (χ2v) is 5.63. The Labute approximate surface area is 112 Å². The van der Waals surface area contributed by atoms with Crippen molar-refractivity contribution >= 4 is 21.6 Å². The molecule has 3 nitrogen and oxygen atoms in total. The summed E-state index contributed by atoms with van der Waals surface area (Å²) in [6.45, 7) is 5.98. The molecular weight excluding hydrogens is 278 g/mol. The Balaban J connectivity index is 2.17. The van der Waals surface area contributed by atoms with Crippen LogP contribution in [0.4, 0.5) is 5.69 Å². The molecule has 1 aliphatic rings. The fourth-order valence-corrected chi connectivity index (χ4v) is 3.03. The van der Waals surface area contributed by atoms with Gasteiger partial charge < -0.3 is 10.6 Å². The maximum absolute atomic E-state index is 5.82. The van der Waals surface area contributed by atoms with Gasteiger partial charge in [-0.25, -0.2) is 0 Å². The third-order valence-corrected chi connectivity index (χ3v) is 4.13. The van der Waals surface area contributed by atoms with Gasteiger partial charge in [-0.2, -0.15) is 0 Å². The average Bonchev–Trinajstić information content (AvgIpc) is 2.30. The fourth-order valence-electron chi connectivity index (χ4n) is 2.29. The van der Waals surface area contributed by atoms with Gasteiger partial charge in [0.15, 0.2) is 0 Å². The minimum absolute atomic E-state index is 0.456. The Bertz CT molecular complexity index is 394. The van der Waals surface area contributed by atoms with Crippen LogP contribution in [0.25, 0.3) is 0 Å². The number of piperazine rings is 1. The highest BCUT2D eigenvalue weighted by atomic mass is 79.9. The highest BCUT2D eigenvalue weighted by Crippen LogP contribution is 2.28. The summed E-state index contributed by atoms with van der Waals surface area (Å²) in [6, 6.07) is 6.98. The molecule has 2 N–H and O–H groups in total. The maximum Gasteiger partial charge on any atom is 0.0511 e. The van der Waals surface area contributed by atoms with Crippen LogP contribution in [0, 0.1) is 6.92 Å². The molecule has 1 atom stereocenters. The Morgan fingerprint density at radius 2 is 2.18 bits per heavy atom. The summed E-state index contributed by atoms with van der Waals surface area (Å²) in [7, 11) is 2.15. The van der Waals surface area contributed by atoms with Crippen LogP contribution in [0.3, 0.4) is 0 Å². The molecule has 17 heavy (non-hydrogen) atoms. The Morgan fingerprint density at radius 1 is 1.41 bits per heavy atom. The van der Waals surface area contributed by atoms with E-state index in [1.54, 1.807) is 0 Å². The van der Waals surface area contributed by atoms with E-state index in [4.69, 9.17) is 5.73 Å². The largest absolute Gasteiger partial charge is 0.368 e. The van der Waals surface area contributed by atoms with Crippen molar-refractivity contribution in [3.05, 3.63) is 28.2 Å². The molecule has 1 unspecified atom stereocenters. The molecule has 1 fully saturated rings. The van der Waals surface area contributed by atoms with Crippen LogP contribution < -0.4 is 10.6 Å². The van der Waals surface area contributed by atoms with Gasteiger partial charge in [-0.1, -0.05) is 6.07 Å². The van der Waals surface area contributed by atoms with Gasteiger partial charge in [0.2, 0.25) is 0 Å². The van der Waals surface area contributed by atoms with Crippen molar-refractivity contribution in [2.75, 3.05) is 38.1 Å². The smallest absolute Gasteiger partial charge is 0.0511 e. The predicted molar refractivity (Wildman–Crippen MR) is 76.6 cm³/mol. The van der Waals surface area contributed by atoms with E-state index in [0.29, 0.717) is 6.04 Å². The molecule has 0 spiro atoms. The van der Waals surface area contributed by atoms with E-state index < -0.39 is 0 Å². The van der Waals surface area contributed by atoms with Crippen molar-refractivity contribution in [3.8, 4) is 0 Å². The van der Waals surface area contributed by atoms with Gasteiger partial charge in [0, 0.05) is 36.7 Å². The standard InChI is InChI=1S/C13H20BrN3/c1-10-3-4-13(12(14)7-10)17-6-5-16(2)11(8-15)9-17/h3-4,7,11H,5-6,8-9,15H2,1-2H3. The van der Waals surface area contributed by atoms with E-state index in [-0.39, 0.29) is 0 Å². The van der Waals surface area contributed by atoms with Crippen molar-refractivity contribution in [3.63, 3.8) is 0 Å². The van der Waals surface area contributed by atoms with Crippen LogP contribution >= 0.6 is 15.9 Å². The lowest BCUT2D eigenvalue weighted by Gasteiger charge is -2.40. The van der Waals surface area contributed by atoms with E-state index in [2.05, 4.69) is 57.9 Å². The number of likely N-dealkylation sites (N-methyl/N-ethyl adjacent to an activating group) is 1. The number of halogens is 1. The summed E-state index contributed by atoms with van der Waals surface area (Å²) >= 11 is 3.65. The summed E-state index contributed by atoms with van der Waals surface area (Å²) in [4.78, 5) is 4.76. The van der Waals surface area contributed by atoms with Crippen molar-refractivity contribution in [1.82, 2.24) is 4.90 Å². The van der Waals surface area contributed by atoms with E-state index in [9.17, 15) is 0 Å². The molecule has 2 rings (SSSR count). The van der Waals surface area contributed by atoms with Gasteiger partial charge in [0.25, 0.3) is 0 Å². The monoisotopic (exact) mass is 297 g/mol. The van der Waals surface area contributed by atoms with Gasteiger partial charge in [0.1, 0.15) is 0 Å². The minimum atomic E-state index is 0.456. The Kier molecular flexibility index (Phi) is 4.07. The summed E-state index contributed by atoms with van der Waals surface area (Å²) < 4.78 is 1.18. The van der Waals surface area contributed by atoms with Gasteiger partial charge in [-0.3, -0.25) is 4.90 Å². The Hall–Kier alpha value is -0.580. The number of anilines is 1. The maximum atomic E-state index is 5.82.